The predicted molar refractivity (Wildman–Crippen MR) is 102 cm³/mol. The van der Waals surface area contributed by atoms with Crippen molar-refractivity contribution in [2.24, 2.45) is 0 Å². The van der Waals surface area contributed by atoms with Crippen LogP contribution in [0.1, 0.15) is 58.2 Å². The van der Waals surface area contributed by atoms with E-state index < -0.39 is 11.7 Å². The highest BCUT2D eigenvalue weighted by molar-refractivity contribution is 5.75. The molecule has 0 atom stereocenters. The van der Waals surface area contributed by atoms with Gasteiger partial charge in [-0.25, -0.2) is 0 Å². The highest BCUT2D eigenvalue weighted by Gasteiger charge is 2.35. The first-order chi connectivity index (χ1) is 12.2. The largest absolute Gasteiger partial charge is 0.507 e. The minimum absolute atomic E-state index is 0.0712. The Morgan fingerprint density at radius 3 is 2.15 bits per heavy atom. The van der Waals surface area contributed by atoms with Gasteiger partial charge in [0.25, 0.3) is 0 Å². The van der Waals surface area contributed by atoms with Crippen LogP contribution in [0, 0.1) is 0 Å². The smallest absolute Gasteiger partial charge is 0.418 e. The Morgan fingerprint density at radius 1 is 1.00 bits per heavy atom. The van der Waals surface area contributed by atoms with Crippen molar-refractivity contribution in [3.63, 3.8) is 0 Å². The fourth-order valence-electron chi connectivity index (χ4n) is 2.68. The summed E-state index contributed by atoms with van der Waals surface area (Å²) in [6, 6.07) is 4.79. The van der Waals surface area contributed by atoms with Gasteiger partial charge in [-0.1, -0.05) is 26.8 Å². The van der Waals surface area contributed by atoms with Gasteiger partial charge in [0, 0.05) is 41.2 Å². The third-order valence-electron chi connectivity index (χ3n) is 4.28. The van der Waals surface area contributed by atoms with Crippen LogP contribution in [0.4, 0.5) is 13.2 Å². The first-order valence-electron chi connectivity index (χ1n) is 8.83. The van der Waals surface area contributed by atoms with E-state index in [1.807, 2.05) is 47.6 Å². The van der Waals surface area contributed by atoms with Gasteiger partial charge in [0.1, 0.15) is 5.75 Å². The molecule has 6 heteroatoms. The number of aromatic hydroxyl groups is 1. The molecule has 1 heterocycles. The fourth-order valence-corrected chi connectivity index (χ4v) is 2.68. The molecule has 0 radical (unpaired) electrons. The van der Waals surface area contributed by atoms with E-state index >= 15 is 0 Å². The third kappa shape index (κ3) is 5.22. The molecule has 0 aliphatic rings. The van der Waals surface area contributed by atoms with Gasteiger partial charge in [0.15, 0.2) is 0 Å². The van der Waals surface area contributed by atoms with E-state index in [1.54, 1.807) is 6.07 Å². The monoisotopic (exact) mass is 380 g/mol. The normalized spacial score (nSPS) is 13.1. The molecule has 0 aliphatic carbocycles. The number of pyridine rings is 1. The summed E-state index contributed by atoms with van der Waals surface area (Å²) < 4.78 is 40.4. The Labute approximate surface area is 158 Å². The highest BCUT2D eigenvalue weighted by atomic mass is 19.4. The molecule has 0 amide bonds. The van der Waals surface area contributed by atoms with Crippen LogP contribution in [0.25, 0.3) is 11.1 Å². The summed E-state index contributed by atoms with van der Waals surface area (Å²) >= 11 is 0. The summed E-state index contributed by atoms with van der Waals surface area (Å²) in [6.45, 7) is 12.3. The second kappa shape index (κ2) is 7.15. The Hall–Kier alpha value is -2.08. The minimum atomic E-state index is -4.56. The maximum absolute atomic E-state index is 13.5. The standard InChI is InChI=1S/C21H27F3N2O/c1-19(2,3)14-9-13(11-26-20(4,5)6)18(27)16(10-14)15-7-8-25-12-17(15)21(22,23)24/h7-10,12,26-27H,11H2,1-6H3. The summed E-state index contributed by atoms with van der Waals surface area (Å²) in [5, 5.41) is 14.1. The highest BCUT2D eigenvalue weighted by Crippen LogP contribution is 2.42. The van der Waals surface area contributed by atoms with Gasteiger partial charge in [-0.15, -0.1) is 0 Å². The van der Waals surface area contributed by atoms with Crippen molar-refractivity contribution in [3.05, 3.63) is 47.3 Å². The van der Waals surface area contributed by atoms with E-state index in [0.29, 0.717) is 12.1 Å². The number of benzene rings is 1. The van der Waals surface area contributed by atoms with E-state index in [9.17, 15) is 18.3 Å². The van der Waals surface area contributed by atoms with Crippen LogP contribution in [0.3, 0.4) is 0 Å². The average molecular weight is 380 g/mol. The maximum atomic E-state index is 13.5. The molecule has 0 fully saturated rings. The van der Waals surface area contributed by atoms with Crippen LogP contribution in [-0.4, -0.2) is 15.6 Å². The molecule has 0 aliphatic heterocycles. The van der Waals surface area contributed by atoms with E-state index in [2.05, 4.69) is 10.3 Å². The molecule has 0 unspecified atom stereocenters. The van der Waals surface area contributed by atoms with Crippen molar-refractivity contribution in [3.8, 4) is 16.9 Å². The van der Waals surface area contributed by atoms with Crippen LogP contribution in [0.15, 0.2) is 30.6 Å². The molecule has 2 rings (SSSR count). The summed E-state index contributed by atoms with van der Waals surface area (Å²) in [4.78, 5) is 3.62. The van der Waals surface area contributed by atoms with Crippen LogP contribution >= 0.6 is 0 Å². The minimum Gasteiger partial charge on any atom is -0.507 e. The molecule has 2 aromatic rings. The van der Waals surface area contributed by atoms with Gasteiger partial charge in [-0.05, 0) is 43.9 Å². The van der Waals surface area contributed by atoms with Crippen LogP contribution < -0.4 is 5.32 Å². The molecule has 0 saturated heterocycles. The van der Waals surface area contributed by atoms with Gasteiger partial charge in [-0.3, -0.25) is 4.98 Å². The SMILES string of the molecule is CC(C)(C)NCc1cc(C(C)(C)C)cc(-c2ccncc2C(F)(F)F)c1O. The first kappa shape index (κ1) is 21.2. The molecule has 1 aromatic carbocycles. The van der Waals surface area contributed by atoms with E-state index in [4.69, 9.17) is 0 Å². The second-order valence-electron chi connectivity index (χ2n) is 8.80. The van der Waals surface area contributed by atoms with Crippen LogP contribution in [-0.2, 0) is 18.1 Å². The molecule has 0 bridgehead atoms. The molecule has 0 spiro atoms. The summed E-state index contributed by atoms with van der Waals surface area (Å²) in [5.41, 5.74) is 0.174. The number of phenols is 1. The zero-order valence-electron chi connectivity index (χ0n) is 16.6. The van der Waals surface area contributed by atoms with Crippen LogP contribution in [0.2, 0.25) is 0 Å². The quantitative estimate of drug-likeness (QED) is 0.722. The lowest BCUT2D eigenvalue weighted by molar-refractivity contribution is -0.137. The number of phenolic OH excluding ortho intramolecular Hbond substituents is 1. The van der Waals surface area contributed by atoms with Crippen molar-refractivity contribution < 1.29 is 18.3 Å². The molecular weight excluding hydrogens is 353 g/mol. The zero-order valence-corrected chi connectivity index (χ0v) is 16.6. The molecular formula is C21H27F3N2O. The molecule has 0 saturated carbocycles. The first-order valence-corrected chi connectivity index (χ1v) is 8.83. The number of nitrogens with zero attached hydrogens (tertiary/aromatic N) is 1. The number of halogens is 3. The molecule has 148 valence electrons. The van der Waals surface area contributed by atoms with Crippen molar-refractivity contribution in [2.75, 3.05) is 0 Å². The molecule has 1 aromatic heterocycles. The lowest BCUT2D eigenvalue weighted by atomic mass is 9.83. The van der Waals surface area contributed by atoms with Crippen molar-refractivity contribution >= 4 is 0 Å². The number of aromatic nitrogens is 1. The van der Waals surface area contributed by atoms with Gasteiger partial charge in [-0.2, -0.15) is 13.2 Å². The molecule has 2 N–H and O–H groups in total. The summed E-state index contributed by atoms with van der Waals surface area (Å²) in [6.07, 6.45) is -2.45. The zero-order chi connectivity index (χ0) is 20.6. The number of alkyl halides is 3. The molecule has 3 nitrogen and oxygen atoms in total. The lowest BCUT2D eigenvalue weighted by Gasteiger charge is -2.25. The van der Waals surface area contributed by atoms with Crippen molar-refractivity contribution in [1.82, 2.24) is 10.3 Å². The topological polar surface area (TPSA) is 45.2 Å². The number of rotatable bonds is 3. The summed E-state index contributed by atoms with van der Waals surface area (Å²) in [7, 11) is 0. The van der Waals surface area contributed by atoms with Crippen molar-refractivity contribution in [2.45, 2.75) is 65.2 Å². The Balaban J connectivity index is 2.70. The molecule has 27 heavy (non-hydrogen) atoms. The fraction of sp³-hybridized carbons (Fsp3) is 0.476. The van der Waals surface area contributed by atoms with Gasteiger partial charge < -0.3 is 10.4 Å². The van der Waals surface area contributed by atoms with Gasteiger partial charge in [0.05, 0.1) is 5.56 Å². The maximum Gasteiger partial charge on any atom is 0.418 e. The van der Waals surface area contributed by atoms with E-state index in [-0.39, 0.29) is 27.8 Å². The predicted octanol–water partition coefficient (Wildman–Crippen LogP) is 5.66. The lowest BCUT2D eigenvalue weighted by Crippen LogP contribution is -2.35. The van der Waals surface area contributed by atoms with Gasteiger partial charge >= 0.3 is 6.18 Å². The van der Waals surface area contributed by atoms with E-state index in [1.165, 1.54) is 12.3 Å². The number of hydrogen-bond acceptors (Lipinski definition) is 3. The second-order valence-corrected chi connectivity index (χ2v) is 8.80. The summed E-state index contributed by atoms with van der Waals surface area (Å²) in [5.74, 6) is -0.142. The third-order valence-corrected chi connectivity index (χ3v) is 4.28. The Kier molecular flexibility index (Phi) is 5.62. The van der Waals surface area contributed by atoms with E-state index in [0.717, 1.165) is 11.8 Å². The Bertz CT molecular complexity index is 816. The number of hydrogen-bond donors (Lipinski definition) is 2. The Morgan fingerprint density at radius 2 is 1.63 bits per heavy atom. The van der Waals surface area contributed by atoms with Crippen LogP contribution in [0.5, 0.6) is 5.75 Å². The average Bonchev–Trinajstić information content (AvgIpc) is 2.51. The van der Waals surface area contributed by atoms with Crippen molar-refractivity contribution in [1.29, 1.82) is 0 Å². The van der Waals surface area contributed by atoms with Gasteiger partial charge in [0.2, 0.25) is 0 Å². The number of nitrogens with one attached hydrogen (secondary N) is 1.